The third kappa shape index (κ3) is 4.89. The zero-order valence-corrected chi connectivity index (χ0v) is 21.5. The highest BCUT2D eigenvalue weighted by molar-refractivity contribution is 7.98. The van der Waals surface area contributed by atoms with Gasteiger partial charge < -0.3 is 15.0 Å². The zero-order valence-electron chi connectivity index (χ0n) is 20.7. The van der Waals surface area contributed by atoms with Crippen LogP contribution in [-0.4, -0.2) is 27.8 Å². The Hall–Kier alpha value is -3.92. The smallest absolute Gasteiger partial charge is 0.269 e. The number of methoxy groups -OCH3 is 1. The average molecular weight is 519 g/mol. The van der Waals surface area contributed by atoms with Crippen LogP contribution < -0.4 is 15.6 Å². The van der Waals surface area contributed by atoms with Gasteiger partial charge in [-0.15, -0.1) is 0 Å². The van der Waals surface area contributed by atoms with Gasteiger partial charge in [0.05, 0.1) is 17.6 Å². The average Bonchev–Trinajstić information content (AvgIpc) is 2.85. The predicted molar refractivity (Wildman–Crippen MR) is 141 cm³/mol. The number of Topliss-reactive ketones (excluding diaryl/α,β-unsaturated/α-hetero) is 1. The molecule has 9 nitrogen and oxygen atoms in total. The Bertz CT molecular complexity index is 1490. The molecule has 5 rings (SSSR count). The Morgan fingerprint density at radius 3 is 2.62 bits per heavy atom. The van der Waals surface area contributed by atoms with Crippen LogP contribution in [0.25, 0.3) is 0 Å². The Morgan fingerprint density at radius 1 is 1.16 bits per heavy atom. The summed E-state index contributed by atoms with van der Waals surface area (Å²) in [6.45, 7) is 4.11. The fraction of sp³-hybridized carbons (Fsp3) is 0.296. The van der Waals surface area contributed by atoms with Crippen molar-refractivity contribution >= 4 is 29.1 Å². The van der Waals surface area contributed by atoms with Crippen molar-refractivity contribution in [2.75, 3.05) is 12.4 Å². The monoisotopic (exact) mass is 518 g/mol. The summed E-state index contributed by atoms with van der Waals surface area (Å²) >= 11 is 1.28. The van der Waals surface area contributed by atoms with Crippen LogP contribution in [0.2, 0.25) is 0 Å². The number of thioether (sulfide) groups is 1. The third-order valence-electron chi connectivity index (χ3n) is 6.65. The minimum absolute atomic E-state index is 0.0121. The number of nitro groups is 1. The standard InChI is InChI=1S/C27H26N4O5S/c1-27(2)12-19-22(20(32)13-27)21(16-7-9-18(36-3)10-8-16)23-24(28-19)29-26(30-25(23)33)37-14-15-5-4-6-17(11-15)31(34)35/h4-11,21H,12-14H2,1-3H3,(H2,28,29,30,33)/t21-/m1/s1. The highest BCUT2D eigenvalue weighted by Crippen LogP contribution is 2.47. The van der Waals surface area contributed by atoms with Crippen LogP contribution in [0.3, 0.4) is 0 Å². The van der Waals surface area contributed by atoms with E-state index in [-0.39, 0.29) is 22.4 Å². The Morgan fingerprint density at radius 2 is 1.92 bits per heavy atom. The summed E-state index contributed by atoms with van der Waals surface area (Å²) in [5, 5.41) is 14.8. The van der Waals surface area contributed by atoms with E-state index in [1.165, 1.54) is 23.9 Å². The number of non-ortho nitro benzene ring substituents is 1. The summed E-state index contributed by atoms with van der Waals surface area (Å²) in [7, 11) is 1.59. The maximum atomic E-state index is 13.5. The van der Waals surface area contributed by atoms with Crippen molar-refractivity contribution < 1.29 is 14.5 Å². The van der Waals surface area contributed by atoms with Crippen molar-refractivity contribution in [1.82, 2.24) is 9.97 Å². The lowest BCUT2D eigenvalue weighted by atomic mass is 9.69. The van der Waals surface area contributed by atoms with Gasteiger partial charge in [-0.2, -0.15) is 0 Å². The summed E-state index contributed by atoms with van der Waals surface area (Å²) in [5.41, 5.74) is 2.83. The number of fused-ring (bicyclic) bond motifs is 1. The van der Waals surface area contributed by atoms with E-state index in [4.69, 9.17) is 9.72 Å². The number of hydrogen-bond donors (Lipinski definition) is 2. The van der Waals surface area contributed by atoms with Gasteiger partial charge in [0.1, 0.15) is 11.6 Å². The molecule has 0 fully saturated rings. The van der Waals surface area contributed by atoms with Crippen LogP contribution >= 0.6 is 11.8 Å². The second kappa shape index (κ2) is 9.51. The number of carbonyl (C=O) groups is 1. The molecule has 1 atom stereocenters. The first-order valence-corrected chi connectivity index (χ1v) is 12.8. The van der Waals surface area contributed by atoms with E-state index >= 15 is 0 Å². The molecule has 1 aliphatic carbocycles. The summed E-state index contributed by atoms with van der Waals surface area (Å²) in [5.74, 6) is 0.977. The number of nitrogens with one attached hydrogen (secondary N) is 2. The molecule has 0 radical (unpaired) electrons. The second-order valence-electron chi connectivity index (χ2n) is 10.0. The number of H-pyrrole nitrogens is 1. The van der Waals surface area contributed by atoms with E-state index < -0.39 is 10.8 Å². The predicted octanol–water partition coefficient (Wildman–Crippen LogP) is 5.18. The molecule has 0 spiro atoms. The van der Waals surface area contributed by atoms with Crippen molar-refractivity contribution in [3.63, 3.8) is 0 Å². The molecule has 0 saturated carbocycles. The molecule has 0 bridgehead atoms. The van der Waals surface area contributed by atoms with E-state index in [2.05, 4.69) is 24.1 Å². The number of nitro benzene ring substituents is 1. The second-order valence-corrected chi connectivity index (χ2v) is 11.0. The minimum Gasteiger partial charge on any atom is -0.497 e. The van der Waals surface area contributed by atoms with Crippen molar-refractivity contribution in [2.45, 2.75) is 43.5 Å². The molecule has 2 heterocycles. The van der Waals surface area contributed by atoms with Crippen LogP contribution in [0, 0.1) is 15.5 Å². The Kier molecular flexibility index (Phi) is 6.36. The summed E-state index contributed by atoms with van der Waals surface area (Å²) in [4.78, 5) is 45.1. The lowest BCUT2D eigenvalue weighted by Crippen LogP contribution is -2.37. The molecule has 10 heteroatoms. The fourth-order valence-electron chi connectivity index (χ4n) is 5.00. The largest absolute Gasteiger partial charge is 0.497 e. The number of ketones is 1. The number of allylic oxidation sites excluding steroid dienone is 2. The van der Waals surface area contributed by atoms with E-state index in [1.807, 2.05) is 24.3 Å². The van der Waals surface area contributed by atoms with Gasteiger partial charge in [0.2, 0.25) is 0 Å². The summed E-state index contributed by atoms with van der Waals surface area (Å²) in [6.07, 6.45) is 1.06. The molecule has 0 amide bonds. The van der Waals surface area contributed by atoms with Crippen LogP contribution in [0.4, 0.5) is 11.5 Å². The van der Waals surface area contributed by atoms with E-state index in [0.717, 1.165) is 16.8 Å². The van der Waals surface area contributed by atoms with E-state index in [0.29, 0.717) is 46.5 Å². The van der Waals surface area contributed by atoms with Gasteiger partial charge in [-0.25, -0.2) is 4.98 Å². The third-order valence-corrected chi connectivity index (χ3v) is 7.59. The fourth-order valence-corrected chi connectivity index (χ4v) is 5.81. The molecule has 0 unspecified atom stereocenters. The first-order valence-electron chi connectivity index (χ1n) is 11.8. The van der Waals surface area contributed by atoms with Crippen LogP contribution in [0.5, 0.6) is 5.75 Å². The molecule has 3 aromatic rings. The number of benzene rings is 2. The number of aromatic nitrogens is 2. The van der Waals surface area contributed by atoms with Crippen molar-refractivity contribution in [2.24, 2.45) is 5.41 Å². The number of rotatable bonds is 6. The van der Waals surface area contributed by atoms with Crippen LogP contribution in [0.1, 0.15) is 49.3 Å². The molecular weight excluding hydrogens is 492 g/mol. The molecular formula is C27H26N4O5S. The Balaban J connectivity index is 1.54. The maximum Gasteiger partial charge on any atom is 0.269 e. The van der Waals surface area contributed by atoms with Gasteiger partial charge in [-0.1, -0.05) is 49.9 Å². The van der Waals surface area contributed by atoms with Gasteiger partial charge >= 0.3 is 0 Å². The quantitative estimate of drug-likeness (QED) is 0.198. The molecule has 2 aromatic carbocycles. The van der Waals surface area contributed by atoms with E-state index in [9.17, 15) is 19.7 Å². The summed E-state index contributed by atoms with van der Waals surface area (Å²) < 4.78 is 5.29. The topological polar surface area (TPSA) is 127 Å². The number of carbonyl (C=O) groups excluding carboxylic acids is 1. The summed E-state index contributed by atoms with van der Waals surface area (Å²) in [6, 6.07) is 13.8. The molecule has 0 saturated heterocycles. The number of hydrogen-bond acceptors (Lipinski definition) is 8. The molecule has 2 aliphatic rings. The van der Waals surface area contributed by atoms with Gasteiger partial charge in [0.25, 0.3) is 11.2 Å². The Labute approximate surface area is 217 Å². The first kappa shape index (κ1) is 24.8. The number of ether oxygens (including phenoxy) is 1. The van der Waals surface area contributed by atoms with Gasteiger partial charge in [-0.05, 0) is 35.1 Å². The molecule has 2 N–H and O–H groups in total. The van der Waals surface area contributed by atoms with Crippen molar-refractivity contribution in [3.05, 3.63) is 97.0 Å². The molecule has 1 aromatic heterocycles. The lowest BCUT2D eigenvalue weighted by Gasteiger charge is -2.38. The zero-order chi connectivity index (χ0) is 26.3. The first-order chi connectivity index (χ1) is 17.6. The minimum atomic E-state index is -0.548. The van der Waals surface area contributed by atoms with Gasteiger partial charge in [-0.3, -0.25) is 19.7 Å². The highest BCUT2D eigenvalue weighted by Gasteiger charge is 2.42. The SMILES string of the molecule is COc1ccc([C@@H]2C3=C(CC(C)(C)CC3=O)Nc3nc(SCc4cccc([N+](=O)[O-])c4)[nH]c(=O)c32)cc1. The van der Waals surface area contributed by atoms with Gasteiger partial charge in [0, 0.05) is 41.5 Å². The molecule has 37 heavy (non-hydrogen) atoms. The van der Waals surface area contributed by atoms with E-state index in [1.54, 1.807) is 19.2 Å². The maximum absolute atomic E-state index is 13.5. The van der Waals surface area contributed by atoms with Crippen molar-refractivity contribution in [3.8, 4) is 5.75 Å². The number of aromatic amines is 1. The van der Waals surface area contributed by atoms with Crippen LogP contribution in [-0.2, 0) is 10.5 Å². The molecule has 190 valence electrons. The van der Waals surface area contributed by atoms with Gasteiger partial charge in [0.15, 0.2) is 10.9 Å². The number of nitrogens with zero attached hydrogens (tertiary/aromatic N) is 2. The van der Waals surface area contributed by atoms with Crippen molar-refractivity contribution in [1.29, 1.82) is 0 Å². The van der Waals surface area contributed by atoms with Crippen LogP contribution in [0.15, 0.2) is 69.8 Å². The normalized spacial score (nSPS) is 18.0. The molecule has 1 aliphatic heterocycles. The lowest BCUT2D eigenvalue weighted by molar-refractivity contribution is -0.384. The number of anilines is 1. The highest BCUT2D eigenvalue weighted by atomic mass is 32.2.